The third kappa shape index (κ3) is 29.0. The Kier molecular flexibility index (Phi) is 24.6. The SMILES string of the molecule is CC(C)(C)OC(=O)CCCCCCCCCCCCCCC(=O)NCCOCCOCCOCCN. The lowest BCUT2D eigenvalue weighted by atomic mass is 10.0. The molecule has 0 radical (unpaired) electrons. The molecule has 0 aromatic carbocycles. The van der Waals surface area contributed by atoms with Gasteiger partial charge in [-0.1, -0.05) is 64.2 Å². The zero-order chi connectivity index (χ0) is 26.7. The van der Waals surface area contributed by atoms with E-state index in [1.807, 2.05) is 20.8 Å². The Hall–Kier alpha value is -1.22. The van der Waals surface area contributed by atoms with Crippen LogP contribution in [-0.2, 0) is 28.5 Å². The number of hydrogen-bond donors (Lipinski definition) is 2. The van der Waals surface area contributed by atoms with E-state index < -0.39 is 0 Å². The summed E-state index contributed by atoms with van der Waals surface area (Å²) in [7, 11) is 0. The summed E-state index contributed by atoms with van der Waals surface area (Å²) in [5.41, 5.74) is 4.95. The van der Waals surface area contributed by atoms with Crippen LogP contribution in [0.5, 0.6) is 0 Å². The monoisotopic (exact) mass is 516 g/mol. The van der Waals surface area contributed by atoms with Gasteiger partial charge in [-0.25, -0.2) is 0 Å². The van der Waals surface area contributed by atoms with Crippen molar-refractivity contribution in [1.29, 1.82) is 0 Å². The number of carbonyl (C=O) groups is 2. The van der Waals surface area contributed by atoms with Crippen LogP contribution in [0.4, 0.5) is 0 Å². The Balaban J connectivity index is 3.23. The van der Waals surface area contributed by atoms with Gasteiger partial charge in [0.25, 0.3) is 0 Å². The van der Waals surface area contributed by atoms with E-state index in [0.717, 1.165) is 25.7 Å². The van der Waals surface area contributed by atoms with Crippen LogP contribution >= 0.6 is 0 Å². The predicted molar refractivity (Wildman–Crippen MR) is 145 cm³/mol. The van der Waals surface area contributed by atoms with Crippen molar-refractivity contribution in [2.45, 2.75) is 116 Å². The maximum absolute atomic E-state index is 11.9. The Labute approximate surface area is 220 Å². The summed E-state index contributed by atoms with van der Waals surface area (Å²) in [6, 6.07) is 0. The van der Waals surface area contributed by atoms with E-state index in [9.17, 15) is 9.59 Å². The fraction of sp³-hybridized carbons (Fsp3) is 0.929. The van der Waals surface area contributed by atoms with Gasteiger partial charge in [-0.05, 0) is 33.6 Å². The molecule has 214 valence electrons. The molecular formula is C28H56N2O6. The van der Waals surface area contributed by atoms with Crippen molar-refractivity contribution >= 4 is 11.9 Å². The minimum absolute atomic E-state index is 0.0766. The summed E-state index contributed by atoms with van der Waals surface area (Å²) >= 11 is 0. The Morgan fingerprint density at radius 1 is 0.611 bits per heavy atom. The van der Waals surface area contributed by atoms with Crippen LogP contribution in [0, 0.1) is 0 Å². The van der Waals surface area contributed by atoms with Crippen molar-refractivity contribution in [2.24, 2.45) is 5.73 Å². The Morgan fingerprint density at radius 3 is 1.50 bits per heavy atom. The minimum atomic E-state index is -0.375. The van der Waals surface area contributed by atoms with Gasteiger partial charge in [0.1, 0.15) is 5.60 Å². The molecule has 0 bridgehead atoms. The van der Waals surface area contributed by atoms with Crippen LogP contribution in [0.2, 0.25) is 0 Å². The molecule has 0 heterocycles. The molecule has 0 spiro atoms. The van der Waals surface area contributed by atoms with Gasteiger partial charge in [-0.2, -0.15) is 0 Å². The van der Waals surface area contributed by atoms with Crippen molar-refractivity contribution in [3.8, 4) is 0 Å². The highest BCUT2D eigenvalue weighted by Crippen LogP contribution is 2.14. The molecular weight excluding hydrogens is 460 g/mol. The van der Waals surface area contributed by atoms with Gasteiger partial charge in [-0.3, -0.25) is 9.59 Å². The summed E-state index contributed by atoms with van der Waals surface area (Å²) in [5.74, 6) is 0.0326. The summed E-state index contributed by atoms with van der Waals surface area (Å²) in [6.45, 7) is 10.00. The molecule has 1 amide bonds. The number of nitrogens with two attached hydrogens (primary N) is 1. The van der Waals surface area contributed by atoms with Gasteiger partial charge in [0.2, 0.25) is 5.91 Å². The second-order valence-electron chi connectivity index (χ2n) is 10.3. The maximum Gasteiger partial charge on any atom is 0.306 e. The number of ether oxygens (including phenoxy) is 4. The molecule has 36 heavy (non-hydrogen) atoms. The molecule has 0 aromatic rings. The molecule has 8 nitrogen and oxygen atoms in total. The second-order valence-corrected chi connectivity index (χ2v) is 10.3. The molecule has 8 heteroatoms. The lowest BCUT2D eigenvalue weighted by Crippen LogP contribution is -2.27. The van der Waals surface area contributed by atoms with E-state index in [0.29, 0.717) is 65.6 Å². The maximum atomic E-state index is 11.9. The zero-order valence-electron chi connectivity index (χ0n) is 23.6. The lowest BCUT2D eigenvalue weighted by molar-refractivity contribution is -0.154. The lowest BCUT2D eigenvalue weighted by Gasteiger charge is -2.19. The summed E-state index contributed by atoms with van der Waals surface area (Å²) in [5, 5.41) is 2.91. The van der Waals surface area contributed by atoms with E-state index in [-0.39, 0.29) is 17.5 Å². The smallest absolute Gasteiger partial charge is 0.306 e. The second kappa shape index (κ2) is 25.4. The van der Waals surface area contributed by atoms with Crippen LogP contribution in [0.3, 0.4) is 0 Å². The predicted octanol–water partition coefficient (Wildman–Crippen LogP) is 4.91. The van der Waals surface area contributed by atoms with Crippen molar-refractivity contribution in [3.63, 3.8) is 0 Å². The fourth-order valence-corrected chi connectivity index (χ4v) is 3.69. The fourth-order valence-electron chi connectivity index (χ4n) is 3.69. The Morgan fingerprint density at radius 2 is 1.03 bits per heavy atom. The normalized spacial score (nSPS) is 11.6. The highest BCUT2D eigenvalue weighted by Gasteiger charge is 2.15. The number of esters is 1. The highest BCUT2D eigenvalue weighted by atomic mass is 16.6. The van der Waals surface area contributed by atoms with Crippen molar-refractivity contribution in [3.05, 3.63) is 0 Å². The third-order valence-corrected chi connectivity index (χ3v) is 5.53. The average molecular weight is 517 g/mol. The van der Waals surface area contributed by atoms with Gasteiger partial charge < -0.3 is 30.0 Å². The molecule has 0 rings (SSSR count). The van der Waals surface area contributed by atoms with E-state index in [2.05, 4.69) is 5.32 Å². The summed E-state index contributed by atoms with van der Waals surface area (Å²) in [4.78, 5) is 23.5. The molecule has 0 fully saturated rings. The largest absolute Gasteiger partial charge is 0.460 e. The first-order chi connectivity index (χ1) is 17.3. The quantitative estimate of drug-likeness (QED) is 0.124. The van der Waals surface area contributed by atoms with Crippen molar-refractivity contribution in [1.82, 2.24) is 5.32 Å². The van der Waals surface area contributed by atoms with Gasteiger partial charge in [0.05, 0.1) is 39.6 Å². The molecule has 0 saturated heterocycles. The summed E-state index contributed by atoms with van der Waals surface area (Å²) in [6.07, 6.45) is 15.3. The van der Waals surface area contributed by atoms with E-state index in [4.69, 9.17) is 24.7 Å². The third-order valence-electron chi connectivity index (χ3n) is 5.53. The highest BCUT2D eigenvalue weighted by molar-refractivity contribution is 5.75. The standard InChI is InChI=1S/C28H56N2O6/c1-28(2,3)36-27(32)17-15-13-11-9-7-5-4-6-8-10-12-14-16-26(31)30-19-21-34-23-25-35-24-22-33-20-18-29/h4-25,29H2,1-3H3,(H,30,31). The van der Waals surface area contributed by atoms with E-state index >= 15 is 0 Å². The van der Waals surface area contributed by atoms with Crippen LogP contribution in [0.15, 0.2) is 0 Å². The van der Waals surface area contributed by atoms with E-state index in [1.54, 1.807) is 0 Å². The summed E-state index contributed by atoms with van der Waals surface area (Å²) < 4.78 is 21.3. The number of carbonyl (C=O) groups excluding carboxylic acids is 2. The first kappa shape index (κ1) is 34.8. The number of rotatable bonds is 26. The van der Waals surface area contributed by atoms with Gasteiger partial charge in [0, 0.05) is 25.9 Å². The molecule has 0 aliphatic carbocycles. The first-order valence-electron chi connectivity index (χ1n) is 14.3. The molecule has 3 N–H and O–H groups in total. The molecule has 0 unspecified atom stereocenters. The number of unbranched alkanes of at least 4 members (excludes halogenated alkanes) is 11. The van der Waals surface area contributed by atoms with Crippen molar-refractivity contribution < 1.29 is 28.5 Å². The topological polar surface area (TPSA) is 109 Å². The van der Waals surface area contributed by atoms with Crippen molar-refractivity contribution in [2.75, 3.05) is 52.7 Å². The Bertz CT molecular complexity index is 511. The molecule has 0 atom stereocenters. The first-order valence-corrected chi connectivity index (χ1v) is 14.3. The van der Waals surface area contributed by atoms with Gasteiger partial charge in [-0.15, -0.1) is 0 Å². The molecule has 0 saturated carbocycles. The molecule has 0 aliphatic heterocycles. The molecule has 0 aliphatic rings. The van der Waals surface area contributed by atoms with E-state index in [1.165, 1.54) is 51.4 Å². The van der Waals surface area contributed by atoms with Gasteiger partial charge >= 0.3 is 5.97 Å². The van der Waals surface area contributed by atoms with Crippen LogP contribution < -0.4 is 11.1 Å². The number of amides is 1. The zero-order valence-corrected chi connectivity index (χ0v) is 23.6. The van der Waals surface area contributed by atoms with Crippen LogP contribution in [0.25, 0.3) is 0 Å². The van der Waals surface area contributed by atoms with Crippen LogP contribution in [0.1, 0.15) is 111 Å². The number of nitrogens with one attached hydrogen (secondary N) is 1. The minimum Gasteiger partial charge on any atom is -0.460 e. The molecule has 0 aromatic heterocycles. The van der Waals surface area contributed by atoms with Crippen LogP contribution in [-0.4, -0.2) is 70.2 Å². The number of hydrogen-bond acceptors (Lipinski definition) is 7. The average Bonchev–Trinajstić information content (AvgIpc) is 2.81. The van der Waals surface area contributed by atoms with Gasteiger partial charge in [0.15, 0.2) is 0 Å².